The number of carbonyl (C=O) groups is 1. The summed E-state index contributed by atoms with van der Waals surface area (Å²) in [4.78, 5) is 11.7. The number of amides is 1. The van der Waals surface area contributed by atoms with Gasteiger partial charge in [0.15, 0.2) is 0 Å². The van der Waals surface area contributed by atoms with E-state index in [9.17, 15) is 9.90 Å². The Morgan fingerprint density at radius 3 is 2.80 bits per heavy atom. The fourth-order valence-corrected chi connectivity index (χ4v) is 1.84. The molecule has 0 radical (unpaired) electrons. The molecule has 1 unspecified atom stereocenters. The standard InChI is InChI=1S/C11H15NO2S/c1-8(7-15-2)12-11(14)9-5-3-4-6-10(9)13/h3-6,8,13H,7H2,1-2H3,(H,12,14). The van der Waals surface area contributed by atoms with Gasteiger partial charge < -0.3 is 10.4 Å². The van der Waals surface area contributed by atoms with Crippen molar-refractivity contribution < 1.29 is 9.90 Å². The van der Waals surface area contributed by atoms with E-state index < -0.39 is 0 Å². The van der Waals surface area contributed by atoms with Crippen molar-refractivity contribution in [1.29, 1.82) is 0 Å². The number of phenols is 1. The van der Waals surface area contributed by atoms with Crippen molar-refractivity contribution in [3.63, 3.8) is 0 Å². The van der Waals surface area contributed by atoms with Crippen LogP contribution in [-0.2, 0) is 0 Å². The Labute approximate surface area is 93.9 Å². The van der Waals surface area contributed by atoms with Gasteiger partial charge >= 0.3 is 0 Å². The van der Waals surface area contributed by atoms with E-state index in [2.05, 4.69) is 5.32 Å². The topological polar surface area (TPSA) is 49.3 Å². The van der Waals surface area contributed by atoms with Gasteiger partial charge in [-0.3, -0.25) is 4.79 Å². The smallest absolute Gasteiger partial charge is 0.255 e. The van der Waals surface area contributed by atoms with Crippen LogP contribution < -0.4 is 5.32 Å². The summed E-state index contributed by atoms with van der Waals surface area (Å²) in [6.07, 6.45) is 1.99. The molecule has 3 nitrogen and oxygen atoms in total. The summed E-state index contributed by atoms with van der Waals surface area (Å²) < 4.78 is 0. The van der Waals surface area contributed by atoms with Crippen LogP contribution in [0, 0.1) is 0 Å². The summed E-state index contributed by atoms with van der Waals surface area (Å²) in [5.41, 5.74) is 0.324. The summed E-state index contributed by atoms with van der Waals surface area (Å²) in [6, 6.07) is 6.64. The molecule has 15 heavy (non-hydrogen) atoms. The van der Waals surface area contributed by atoms with Gasteiger partial charge in [-0.1, -0.05) is 12.1 Å². The Kier molecular flexibility index (Phi) is 4.49. The molecule has 4 heteroatoms. The average Bonchev–Trinajstić information content (AvgIpc) is 2.18. The molecule has 0 heterocycles. The summed E-state index contributed by atoms with van der Waals surface area (Å²) in [5, 5.41) is 12.3. The lowest BCUT2D eigenvalue weighted by Gasteiger charge is -2.12. The van der Waals surface area contributed by atoms with Gasteiger partial charge in [0, 0.05) is 11.8 Å². The molecule has 1 aromatic rings. The predicted octanol–water partition coefficient (Wildman–Crippen LogP) is 1.87. The van der Waals surface area contributed by atoms with Gasteiger partial charge in [0.05, 0.1) is 5.56 Å². The van der Waals surface area contributed by atoms with Gasteiger partial charge in [-0.25, -0.2) is 0 Å². The molecular weight excluding hydrogens is 210 g/mol. The maximum Gasteiger partial charge on any atom is 0.255 e. The number of carbonyl (C=O) groups excluding carboxylic acids is 1. The van der Waals surface area contributed by atoms with Crippen molar-refractivity contribution in [2.24, 2.45) is 0 Å². The number of benzene rings is 1. The Balaban J connectivity index is 2.65. The third-order valence-electron chi connectivity index (χ3n) is 1.94. The molecule has 0 aromatic heterocycles. The second kappa shape index (κ2) is 5.66. The lowest BCUT2D eigenvalue weighted by Crippen LogP contribution is -2.34. The van der Waals surface area contributed by atoms with Crippen LogP contribution in [0.1, 0.15) is 17.3 Å². The molecule has 82 valence electrons. The zero-order valence-corrected chi connectivity index (χ0v) is 9.67. The number of rotatable bonds is 4. The summed E-state index contributed by atoms with van der Waals surface area (Å²) in [5.74, 6) is 0.653. The van der Waals surface area contributed by atoms with E-state index in [-0.39, 0.29) is 17.7 Å². The first-order valence-electron chi connectivity index (χ1n) is 4.73. The molecule has 0 saturated carbocycles. The van der Waals surface area contributed by atoms with Crippen molar-refractivity contribution in [2.75, 3.05) is 12.0 Å². The molecule has 0 aliphatic heterocycles. The quantitative estimate of drug-likeness (QED) is 0.822. The van der Waals surface area contributed by atoms with E-state index >= 15 is 0 Å². The van der Waals surface area contributed by atoms with E-state index in [1.807, 2.05) is 13.2 Å². The van der Waals surface area contributed by atoms with Gasteiger partial charge in [-0.2, -0.15) is 11.8 Å². The highest BCUT2D eigenvalue weighted by Crippen LogP contribution is 2.15. The maximum atomic E-state index is 11.7. The summed E-state index contributed by atoms with van der Waals surface area (Å²) in [6.45, 7) is 1.94. The van der Waals surface area contributed by atoms with E-state index in [0.29, 0.717) is 5.56 Å². The Morgan fingerprint density at radius 2 is 2.20 bits per heavy atom. The number of nitrogens with one attached hydrogen (secondary N) is 1. The van der Waals surface area contributed by atoms with Crippen LogP contribution in [0.4, 0.5) is 0 Å². The third kappa shape index (κ3) is 3.47. The highest BCUT2D eigenvalue weighted by molar-refractivity contribution is 7.98. The highest BCUT2D eigenvalue weighted by Gasteiger charge is 2.12. The largest absolute Gasteiger partial charge is 0.507 e. The number of aromatic hydroxyl groups is 1. The van der Waals surface area contributed by atoms with Gasteiger partial charge in [-0.05, 0) is 25.3 Å². The first-order chi connectivity index (χ1) is 7.15. The monoisotopic (exact) mass is 225 g/mol. The number of hydrogen-bond acceptors (Lipinski definition) is 3. The number of hydrogen-bond donors (Lipinski definition) is 2. The van der Waals surface area contributed by atoms with Crippen LogP contribution in [0.5, 0.6) is 5.75 Å². The molecule has 1 atom stereocenters. The number of para-hydroxylation sites is 1. The molecule has 0 aliphatic rings. The van der Waals surface area contributed by atoms with Crippen LogP contribution in [0.15, 0.2) is 24.3 Å². The van der Waals surface area contributed by atoms with E-state index in [1.54, 1.807) is 30.0 Å². The first kappa shape index (κ1) is 11.9. The zero-order valence-electron chi connectivity index (χ0n) is 8.86. The second-order valence-corrected chi connectivity index (χ2v) is 4.26. The average molecular weight is 225 g/mol. The summed E-state index contributed by atoms with van der Waals surface area (Å²) in [7, 11) is 0. The van der Waals surface area contributed by atoms with Crippen LogP contribution in [0.2, 0.25) is 0 Å². The third-order valence-corrected chi connectivity index (χ3v) is 2.78. The van der Waals surface area contributed by atoms with Crippen molar-refractivity contribution in [2.45, 2.75) is 13.0 Å². The lowest BCUT2D eigenvalue weighted by atomic mass is 10.2. The minimum atomic E-state index is -0.227. The lowest BCUT2D eigenvalue weighted by molar-refractivity contribution is 0.0941. The van der Waals surface area contributed by atoms with Crippen molar-refractivity contribution in [1.82, 2.24) is 5.32 Å². The molecule has 0 saturated heterocycles. The Morgan fingerprint density at radius 1 is 1.53 bits per heavy atom. The predicted molar refractivity (Wildman–Crippen MR) is 63.4 cm³/mol. The second-order valence-electron chi connectivity index (χ2n) is 3.35. The zero-order chi connectivity index (χ0) is 11.3. The highest BCUT2D eigenvalue weighted by atomic mass is 32.2. The first-order valence-corrected chi connectivity index (χ1v) is 6.12. The van der Waals surface area contributed by atoms with Crippen molar-refractivity contribution in [3.05, 3.63) is 29.8 Å². The maximum absolute atomic E-state index is 11.7. The Bertz CT molecular complexity index is 341. The molecule has 0 fully saturated rings. The Hall–Kier alpha value is -1.16. The van der Waals surface area contributed by atoms with Crippen molar-refractivity contribution in [3.8, 4) is 5.75 Å². The molecule has 2 N–H and O–H groups in total. The van der Waals surface area contributed by atoms with E-state index in [1.165, 1.54) is 6.07 Å². The van der Waals surface area contributed by atoms with Gasteiger partial charge in [0.25, 0.3) is 5.91 Å². The number of phenolic OH excluding ortho intramolecular Hbond substituents is 1. The summed E-state index contributed by atoms with van der Waals surface area (Å²) >= 11 is 1.67. The van der Waals surface area contributed by atoms with Gasteiger partial charge in [0.2, 0.25) is 0 Å². The van der Waals surface area contributed by atoms with Gasteiger partial charge in [-0.15, -0.1) is 0 Å². The van der Waals surface area contributed by atoms with Crippen molar-refractivity contribution >= 4 is 17.7 Å². The molecule has 1 rings (SSSR count). The molecule has 1 amide bonds. The SMILES string of the molecule is CSCC(C)NC(=O)c1ccccc1O. The fraction of sp³-hybridized carbons (Fsp3) is 0.364. The molecule has 1 aromatic carbocycles. The van der Waals surface area contributed by atoms with Gasteiger partial charge in [0.1, 0.15) is 5.75 Å². The van der Waals surface area contributed by atoms with Crippen LogP contribution in [-0.4, -0.2) is 29.1 Å². The molecule has 0 bridgehead atoms. The van der Waals surface area contributed by atoms with E-state index in [4.69, 9.17) is 0 Å². The minimum Gasteiger partial charge on any atom is -0.507 e. The minimum absolute atomic E-state index is 0.0198. The molecule has 0 aliphatic carbocycles. The van der Waals surface area contributed by atoms with Crippen LogP contribution >= 0.6 is 11.8 Å². The normalized spacial score (nSPS) is 12.1. The molecule has 0 spiro atoms. The number of thioether (sulfide) groups is 1. The van der Waals surface area contributed by atoms with Crippen LogP contribution in [0.3, 0.4) is 0 Å². The fourth-order valence-electron chi connectivity index (χ4n) is 1.26. The van der Waals surface area contributed by atoms with E-state index in [0.717, 1.165) is 5.75 Å². The molecular formula is C11H15NO2S. The van der Waals surface area contributed by atoms with Crippen LogP contribution in [0.25, 0.3) is 0 Å².